The van der Waals surface area contributed by atoms with E-state index in [1.807, 2.05) is 6.92 Å². The minimum absolute atomic E-state index is 0.0181. The molecule has 0 saturated carbocycles. The van der Waals surface area contributed by atoms with E-state index in [1.165, 1.54) is 29.5 Å². The van der Waals surface area contributed by atoms with E-state index in [-0.39, 0.29) is 18.9 Å². The molecule has 1 N–H and O–H groups in total. The van der Waals surface area contributed by atoms with E-state index in [1.54, 1.807) is 20.8 Å². The molecule has 1 heterocycles. The Balaban J connectivity index is 2.06. The van der Waals surface area contributed by atoms with Crippen LogP contribution in [-0.2, 0) is 9.53 Å². The van der Waals surface area contributed by atoms with E-state index >= 15 is 0 Å². The molecule has 1 aromatic heterocycles. The number of benzene rings is 1. The molecule has 0 radical (unpaired) electrons. The predicted molar refractivity (Wildman–Crippen MR) is 102 cm³/mol. The van der Waals surface area contributed by atoms with Gasteiger partial charge < -0.3 is 14.8 Å². The number of hydrogen-bond acceptors (Lipinski definition) is 7. The fraction of sp³-hybridized carbons (Fsp3) is 0.333. The van der Waals surface area contributed by atoms with Gasteiger partial charge in [-0.2, -0.15) is 0 Å². The molecular formula is C18H20N2O6S. The van der Waals surface area contributed by atoms with E-state index < -0.39 is 16.8 Å². The van der Waals surface area contributed by atoms with E-state index in [2.05, 4.69) is 5.32 Å². The zero-order valence-corrected chi connectivity index (χ0v) is 16.3. The molecule has 144 valence electrons. The predicted octanol–water partition coefficient (Wildman–Crippen LogP) is 3.78. The lowest BCUT2D eigenvalue weighted by Gasteiger charge is -2.09. The van der Waals surface area contributed by atoms with Crippen molar-refractivity contribution in [2.45, 2.75) is 27.7 Å². The van der Waals surface area contributed by atoms with Crippen LogP contribution in [0.25, 0.3) is 0 Å². The summed E-state index contributed by atoms with van der Waals surface area (Å²) in [6, 6.07) is 4.25. The van der Waals surface area contributed by atoms with Crippen LogP contribution in [0.2, 0.25) is 0 Å². The van der Waals surface area contributed by atoms with Crippen molar-refractivity contribution in [2.24, 2.45) is 0 Å². The van der Waals surface area contributed by atoms with Gasteiger partial charge in [0.25, 0.3) is 11.6 Å². The Labute approximate surface area is 160 Å². The topological polar surface area (TPSA) is 108 Å². The number of carbonyl (C=O) groups is 2. The van der Waals surface area contributed by atoms with Crippen molar-refractivity contribution < 1.29 is 24.0 Å². The van der Waals surface area contributed by atoms with Gasteiger partial charge in [0.2, 0.25) is 0 Å². The zero-order valence-electron chi connectivity index (χ0n) is 15.5. The van der Waals surface area contributed by atoms with E-state index in [4.69, 9.17) is 9.47 Å². The number of aryl methyl sites for hydroxylation is 2. The second-order valence-electron chi connectivity index (χ2n) is 5.75. The van der Waals surface area contributed by atoms with Gasteiger partial charge in [-0.25, -0.2) is 4.79 Å². The summed E-state index contributed by atoms with van der Waals surface area (Å²) in [4.78, 5) is 35.6. The second-order valence-corrected chi connectivity index (χ2v) is 6.97. The Morgan fingerprint density at radius 3 is 2.56 bits per heavy atom. The van der Waals surface area contributed by atoms with Crippen molar-refractivity contribution in [2.75, 3.05) is 18.5 Å². The Morgan fingerprint density at radius 1 is 1.26 bits per heavy atom. The summed E-state index contributed by atoms with van der Waals surface area (Å²) in [5.74, 6) is -0.586. The monoisotopic (exact) mass is 392 g/mol. The molecule has 0 bridgehead atoms. The van der Waals surface area contributed by atoms with Gasteiger partial charge in [0.05, 0.1) is 17.1 Å². The van der Waals surface area contributed by atoms with Gasteiger partial charge >= 0.3 is 5.97 Å². The average molecular weight is 392 g/mol. The molecule has 0 saturated heterocycles. The van der Waals surface area contributed by atoms with E-state index in [0.717, 1.165) is 10.4 Å². The van der Waals surface area contributed by atoms with Gasteiger partial charge in [-0.1, -0.05) is 0 Å². The summed E-state index contributed by atoms with van der Waals surface area (Å²) in [5.41, 5.74) is 1.53. The molecule has 1 amide bonds. The van der Waals surface area contributed by atoms with Crippen molar-refractivity contribution in [3.63, 3.8) is 0 Å². The first kappa shape index (κ1) is 20.4. The standard InChI is InChI=1S/C18H20N2O6S/c1-5-25-18(22)16-11(3)12(4)27-17(16)19-15(21)9-26-13-6-7-14(20(23)24)10(2)8-13/h6-8H,5,9H2,1-4H3,(H,19,21). The van der Waals surface area contributed by atoms with Gasteiger partial charge in [-0.3, -0.25) is 14.9 Å². The van der Waals surface area contributed by atoms with Crippen LogP contribution in [0, 0.1) is 30.9 Å². The first-order chi connectivity index (χ1) is 12.7. The summed E-state index contributed by atoms with van der Waals surface area (Å²) < 4.78 is 10.4. The van der Waals surface area contributed by atoms with Crippen LogP contribution in [0.5, 0.6) is 5.75 Å². The number of nitro groups is 1. The van der Waals surface area contributed by atoms with Crippen LogP contribution >= 0.6 is 11.3 Å². The lowest BCUT2D eigenvalue weighted by Crippen LogP contribution is -2.21. The Morgan fingerprint density at radius 2 is 1.96 bits per heavy atom. The van der Waals surface area contributed by atoms with Crippen LogP contribution in [0.4, 0.5) is 10.7 Å². The van der Waals surface area contributed by atoms with Crippen LogP contribution in [0.1, 0.15) is 33.3 Å². The number of thiophene rings is 1. The molecular weight excluding hydrogens is 372 g/mol. The largest absolute Gasteiger partial charge is 0.484 e. The molecule has 8 nitrogen and oxygen atoms in total. The highest BCUT2D eigenvalue weighted by atomic mass is 32.1. The highest BCUT2D eigenvalue weighted by molar-refractivity contribution is 7.16. The smallest absolute Gasteiger partial charge is 0.341 e. The molecule has 27 heavy (non-hydrogen) atoms. The van der Waals surface area contributed by atoms with Crippen LogP contribution in [-0.4, -0.2) is 30.0 Å². The number of esters is 1. The number of amides is 1. The number of anilines is 1. The first-order valence-electron chi connectivity index (χ1n) is 8.19. The quantitative estimate of drug-likeness (QED) is 0.436. The van der Waals surface area contributed by atoms with Crippen molar-refractivity contribution in [1.82, 2.24) is 0 Å². The van der Waals surface area contributed by atoms with Crippen LogP contribution < -0.4 is 10.1 Å². The molecule has 0 unspecified atom stereocenters. The molecule has 0 spiro atoms. The summed E-state index contributed by atoms with van der Waals surface area (Å²) in [6.45, 7) is 6.90. The van der Waals surface area contributed by atoms with Crippen LogP contribution in [0.15, 0.2) is 18.2 Å². The van der Waals surface area contributed by atoms with Crippen LogP contribution in [0.3, 0.4) is 0 Å². The molecule has 9 heteroatoms. The Hall–Kier alpha value is -2.94. The number of nitrogens with zero attached hydrogens (tertiary/aromatic N) is 1. The summed E-state index contributed by atoms with van der Waals surface area (Å²) in [7, 11) is 0. The fourth-order valence-electron chi connectivity index (χ4n) is 2.40. The number of ether oxygens (including phenoxy) is 2. The molecule has 2 rings (SSSR count). The number of nitro benzene ring substituents is 1. The normalized spacial score (nSPS) is 10.4. The number of nitrogens with one attached hydrogen (secondary N) is 1. The lowest BCUT2D eigenvalue weighted by molar-refractivity contribution is -0.385. The zero-order chi connectivity index (χ0) is 20.1. The van der Waals surface area contributed by atoms with Crippen molar-refractivity contribution in [1.29, 1.82) is 0 Å². The average Bonchev–Trinajstić information content (AvgIpc) is 2.86. The van der Waals surface area contributed by atoms with Gasteiger partial charge in [0, 0.05) is 16.5 Å². The molecule has 0 fully saturated rings. The Bertz CT molecular complexity index is 890. The Kier molecular flexibility index (Phi) is 6.51. The van der Waals surface area contributed by atoms with Gasteiger partial charge in [0.15, 0.2) is 6.61 Å². The van der Waals surface area contributed by atoms with Gasteiger partial charge in [-0.05, 0) is 45.4 Å². The molecule has 0 aliphatic rings. The molecule has 0 aliphatic heterocycles. The molecule has 0 aliphatic carbocycles. The maximum atomic E-state index is 12.2. The number of hydrogen-bond donors (Lipinski definition) is 1. The molecule has 0 atom stereocenters. The van der Waals surface area contributed by atoms with Crippen molar-refractivity contribution in [3.8, 4) is 5.75 Å². The van der Waals surface area contributed by atoms with Crippen molar-refractivity contribution >= 4 is 33.9 Å². The summed E-state index contributed by atoms with van der Waals surface area (Å²) >= 11 is 1.29. The molecule has 1 aromatic carbocycles. The lowest BCUT2D eigenvalue weighted by atomic mass is 10.1. The van der Waals surface area contributed by atoms with E-state index in [0.29, 0.717) is 21.9 Å². The maximum Gasteiger partial charge on any atom is 0.341 e. The summed E-state index contributed by atoms with van der Waals surface area (Å²) in [6.07, 6.45) is 0. The van der Waals surface area contributed by atoms with Gasteiger partial charge in [-0.15, -0.1) is 11.3 Å². The third-order valence-corrected chi connectivity index (χ3v) is 4.98. The SMILES string of the molecule is CCOC(=O)c1c(NC(=O)COc2ccc([N+](=O)[O-])c(C)c2)sc(C)c1C. The third-order valence-electron chi connectivity index (χ3n) is 3.85. The summed E-state index contributed by atoms with van der Waals surface area (Å²) in [5, 5.41) is 13.9. The van der Waals surface area contributed by atoms with E-state index in [9.17, 15) is 19.7 Å². The highest BCUT2D eigenvalue weighted by Gasteiger charge is 2.22. The minimum Gasteiger partial charge on any atom is -0.484 e. The molecule has 2 aromatic rings. The highest BCUT2D eigenvalue weighted by Crippen LogP contribution is 2.33. The fourth-order valence-corrected chi connectivity index (χ4v) is 3.46. The second kappa shape index (κ2) is 8.63. The third kappa shape index (κ3) is 4.82. The maximum absolute atomic E-state index is 12.2. The van der Waals surface area contributed by atoms with Crippen molar-refractivity contribution in [3.05, 3.63) is 49.9 Å². The minimum atomic E-state index is -0.485. The number of rotatable bonds is 7. The van der Waals surface area contributed by atoms with Gasteiger partial charge in [0.1, 0.15) is 10.8 Å². The first-order valence-corrected chi connectivity index (χ1v) is 9.01. The number of carbonyl (C=O) groups excluding carboxylic acids is 2.